The number of imide groups is 1. The summed E-state index contributed by atoms with van der Waals surface area (Å²) in [5, 5.41) is 11.4. The van der Waals surface area contributed by atoms with E-state index in [1.54, 1.807) is 6.92 Å². The van der Waals surface area contributed by atoms with Gasteiger partial charge in [-0.25, -0.2) is 4.79 Å². The fourth-order valence-corrected chi connectivity index (χ4v) is 2.10. The van der Waals surface area contributed by atoms with Crippen molar-refractivity contribution in [2.75, 3.05) is 19.4 Å². The van der Waals surface area contributed by atoms with Gasteiger partial charge in [-0.15, -0.1) is 0 Å². The molecule has 6 heteroatoms. The van der Waals surface area contributed by atoms with Crippen LogP contribution in [0.1, 0.15) is 6.92 Å². The summed E-state index contributed by atoms with van der Waals surface area (Å²) >= 11 is 1.45. The average molecular weight is 218 g/mol. The van der Waals surface area contributed by atoms with Gasteiger partial charge in [0.2, 0.25) is 5.91 Å². The zero-order chi connectivity index (χ0) is 10.7. The molecule has 2 unspecified atom stereocenters. The van der Waals surface area contributed by atoms with Crippen LogP contribution in [0.25, 0.3) is 0 Å². The Morgan fingerprint density at radius 2 is 2.29 bits per heavy atom. The number of carbonyl (C=O) groups excluding carboxylic acids is 2. The first-order valence-electron chi connectivity index (χ1n) is 4.35. The molecule has 0 aliphatic carbocycles. The molecule has 1 rings (SSSR count). The van der Waals surface area contributed by atoms with E-state index in [0.717, 1.165) is 0 Å². The van der Waals surface area contributed by atoms with Crippen molar-refractivity contribution < 1.29 is 14.7 Å². The highest BCUT2D eigenvalue weighted by molar-refractivity contribution is 7.99. The van der Waals surface area contributed by atoms with Crippen molar-refractivity contribution >= 4 is 23.7 Å². The molecule has 1 aliphatic heterocycles. The van der Waals surface area contributed by atoms with Crippen molar-refractivity contribution in [3.63, 3.8) is 0 Å². The largest absolute Gasteiger partial charge is 0.395 e. The summed E-state index contributed by atoms with van der Waals surface area (Å²) in [6, 6.07) is -0.639. The molecule has 1 aliphatic rings. The molecular formula is C8H14N2O3S. The molecule has 0 aromatic carbocycles. The Hall–Kier alpha value is -0.750. The summed E-state index contributed by atoms with van der Waals surface area (Å²) in [5.74, 6) is -0.227. The van der Waals surface area contributed by atoms with Crippen molar-refractivity contribution in [3.8, 4) is 0 Å². The number of hydrogen-bond acceptors (Lipinski definition) is 4. The van der Waals surface area contributed by atoms with Crippen molar-refractivity contribution in [2.24, 2.45) is 0 Å². The molecule has 3 amide bonds. The molecule has 5 nitrogen and oxygen atoms in total. The maximum absolute atomic E-state index is 11.3. The maximum Gasteiger partial charge on any atom is 0.324 e. The number of nitrogens with zero attached hydrogens (tertiary/aromatic N) is 1. The second-order valence-corrected chi connectivity index (χ2v) is 4.20. The lowest BCUT2D eigenvalue weighted by molar-refractivity contribution is -0.126. The van der Waals surface area contributed by atoms with E-state index in [-0.39, 0.29) is 36.4 Å². The Bertz CT molecular complexity index is 227. The van der Waals surface area contributed by atoms with Gasteiger partial charge in [0.15, 0.2) is 0 Å². The fourth-order valence-electron chi connectivity index (χ4n) is 1.44. The molecule has 80 valence electrons. The summed E-state index contributed by atoms with van der Waals surface area (Å²) in [6.45, 7) is 1.79. The van der Waals surface area contributed by atoms with Crippen LogP contribution in [0.5, 0.6) is 0 Å². The van der Waals surface area contributed by atoms with Crippen molar-refractivity contribution in [1.82, 2.24) is 10.2 Å². The van der Waals surface area contributed by atoms with E-state index in [1.807, 2.05) is 6.26 Å². The second kappa shape index (κ2) is 4.65. The van der Waals surface area contributed by atoms with Crippen LogP contribution in [0.15, 0.2) is 0 Å². The predicted molar refractivity (Wildman–Crippen MR) is 54.1 cm³/mol. The Morgan fingerprint density at radius 1 is 1.64 bits per heavy atom. The smallest absolute Gasteiger partial charge is 0.324 e. The molecule has 0 saturated carbocycles. The Kier molecular flexibility index (Phi) is 3.77. The Morgan fingerprint density at radius 3 is 2.64 bits per heavy atom. The lowest BCUT2D eigenvalue weighted by atomic mass is 10.2. The summed E-state index contributed by atoms with van der Waals surface area (Å²) < 4.78 is 0. The number of nitrogens with one attached hydrogen (secondary N) is 1. The molecule has 2 atom stereocenters. The highest BCUT2D eigenvalue weighted by Gasteiger charge is 2.35. The minimum Gasteiger partial charge on any atom is -0.395 e. The SMILES string of the molecule is CSC(CO)C(C)N1C(=O)CNC1=O. The van der Waals surface area contributed by atoms with Gasteiger partial charge in [0.05, 0.1) is 19.2 Å². The lowest BCUT2D eigenvalue weighted by Gasteiger charge is -2.26. The molecule has 1 heterocycles. The molecule has 2 N–H and O–H groups in total. The second-order valence-electron chi connectivity index (χ2n) is 3.12. The fraction of sp³-hybridized carbons (Fsp3) is 0.750. The van der Waals surface area contributed by atoms with Crippen LogP contribution in [0.2, 0.25) is 0 Å². The number of hydrogen-bond donors (Lipinski definition) is 2. The number of urea groups is 1. The monoisotopic (exact) mass is 218 g/mol. The normalized spacial score (nSPS) is 20.9. The van der Waals surface area contributed by atoms with Gasteiger partial charge in [-0.1, -0.05) is 0 Å². The van der Waals surface area contributed by atoms with Gasteiger partial charge in [-0.2, -0.15) is 11.8 Å². The van der Waals surface area contributed by atoms with Crippen LogP contribution >= 0.6 is 11.8 Å². The van der Waals surface area contributed by atoms with Crippen molar-refractivity contribution in [2.45, 2.75) is 18.2 Å². The third-order valence-corrected chi connectivity index (χ3v) is 3.45. The summed E-state index contributed by atoms with van der Waals surface area (Å²) in [5.41, 5.74) is 0. The minimum absolute atomic E-state index is 0.0423. The van der Waals surface area contributed by atoms with E-state index in [2.05, 4.69) is 5.32 Å². The molecule has 14 heavy (non-hydrogen) atoms. The van der Waals surface area contributed by atoms with Gasteiger partial charge in [0.25, 0.3) is 0 Å². The van der Waals surface area contributed by atoms with Crippen LogP contribution in [0, 0.1) is 0 Å². The van der Waals surface area contributed by atoms with Crippen LogP contribution in [-0.4, -0.2) is 52.6 Å². The number of amides is 3. The topological polar surface area (TPSA) is 69.6 Å². The van der Waals surface area contributed by atoms with Gasteiger partial charge < -0.3 is 10.4 Å². The molecule has 0 radical (unpaired) electrons. The zero-order valence-electron chi connectivity index (χ0n) is 8.19. The average Bonchev–Trinajstić information content (AvgIpc) is 2.48. The van der Waals surface area contributed by atoms with Gasteiger partial charge in [0, 0.05) is 5.25 Å². The van der Waals surface area contributed by atoms with Gasteiger partial charge in [0.1, 0.15) is 0 Å². The van der Waals surface area contributed by atoms with E-state index in [9.17, 15) is 9.59 Å². The summed E-state index contributed by atoms with van der Waals surface area (Å²) in [6.07, 6.45) is 1.84. The first-order valence-corrected chi connectivity index (χ1v) is 5.64. The van der Waals surface area contributed by atoms with Crippen molar-refractivity contribution in [3.05, 3.63) is 0 Å². The van der Waals surface area contributed by atoms with Crippen molar-refractivity contribution in [1.29, 1.82) is 0 Å². The number of carbonyl (C=O) groups is 2. The van der Waals surface area contributed by atoms with Crippen LogP contribution in [-0.2, 0) is 4.79 Å². The molecule has 0 spiro atoms. The van der Waals surface area contributed by atoms with E-state index in [4.69, 9.17) is 5.11 Å². The molecule has 1 saturated heterocycles. The molecule has 0 bridgehead atoms. The maximum atomic E-state index is 11.3. The van der Waals surface area contributed by atoms with Gasteiger partial charge in [-0.3, -0.25) is 9.69 Å². The van der Waals surface area contributed by atoms with Crippen LogP contribution in [0.4, 0.5) is 4.79 Å². The molecular weight excluding hydrogens is 204 g/mol. The van der Waals surface area contributed by atoms with E-state index in [1.165, 1.54) is 16.7 Å². The molecule has 1 fully saturated rings. The third kappa shape index (κ3) is 2.01. The highest BCUT2D eigenvalue weighted by Crippen LogP contribution is 2.17. The first kappa shape index (κ1) is 11.3. The third-order valence-electron chi connectivity index (χ3n) is 2.31. The van der Waals surface area contributed by atoms with Gasteiger partial charge in [-0.05, 0) is 13.2 Å². The highest BCUT2D eigenvalue weighted by atomic mass is 32.2. The lowest BCUT2D eigenvalue weighted by Crippen LogP contribution is -2.45. The Labute approximate surface area is 86.8 Å². The van der Waals surface area contributed by atoms with E-state index < -0.39 is 0 Å². The quantitative estimate of drug-likeness (QED) is 0.633. The van der Waals surface area contributed by atoms with E-state index in [0.29, 0.717) is 0 Å². The number of aliphatic hydroxyl groups excluding tert-OH is 1. The molecule has 0 aromatic rings. The number of thioether (sulfide) groups is 1. The summed E-state index contributed by atoms with van der Waals surface area (Å²) in [4.78, 5) is 23.8. The molecule has 0 aromatic heterocycles. The van der Waals surface area contributed by atoms with Crippen LogP contribution in [0.3, 0.4) is 0 Å². The number of rotatable bonds is 4. The summed E-state index contributed by atoms with van der Waals surface area (Å²) in [7, 11) is 0. The Balaban J connectivity index is 2.71. The van der Waals surface area contributed by atoms with Crippen LogP contribution < -0.4 is 5.32 Å². The minimum atomic E-state index is -0.366. The van der Waals surface area contributed by atoms with E-state index >= 15 is 0 Å². The van der Waals surface area contributed by atoms with Gasteiger partial charge >= 0.3 is 6.03 Å². The number of aliphatic hydroxyl groups is 1. The standard InChI is InChI=1S/C8H14N2O3S/c1-5(6(4-11)14-2)10-7(12)3-9-8(10)13/h5-6,11H,3-4H2,1-2H3,(H,9,13). The first-order chi connectivity index (χ1) is 6.61. The predicted octanol–water partition coefficient (Wildman–Crippen LogP) is -0.349. The zero-order valence-corrected chi connectivity index (χ0v) is 9.00.